The van der Waals surface area contributed by atoms with Gasteiger partial charge in [-0.05, 0) is 0 Å². The summed E-state index contributed by atoms with van der Waals surface area (Å²) in [7, 11) is 0. The SMILES string of the molecule is NC(=S)[S-].[CH3-].[CH3-].[Fe+3]. The molecule has 0 aromatic carbocycles. The van der Waals surface area contributed by atoms with E-state index < -0.39 is 0 Å². The maximum Gasteiger partial charge on any atom is 3.00 e. The number of hydrogen-bond donors (Lipinski definition) is 1. The molecule has 4 heteroatoms. The third-order valence-corrected chi connectivity index (χ3v) is 0. The second-order valence-electron chi connectivity index (χ2n) is 0.319. The third kappa shape index (κ3) is 359. The maximum absolute atomic E-state index is 4.66. The van der Waals surface area contributed by atoms with Crippen LogP contribution in [0, 0.1) is 14.9 Å². The Hall–Kier alpha value is 0.629. The Bertz CT molecular complexity index is 35.9. The van der Waals surface area contributed by atoms with Crippen LogP contribution in [0.3, 0.4) is 0 Å². The first kappa shape index (κ1) is 25.5. The molecule has 2 N–H and O–H groups in total. The quantitative estimate of drug-likeness (QED) is 0.255. The summed E-state index contributed by atoms with van der Waals surface area (Å²) in [5, 5.41) is 0. The first-order chi connectivity index (χ1) is 1.73. The van der Waals surface area contributed by atoms with E-state index in [0.29, 0.717) is 0 Å². The molecule has 7 heavy (non-hydrogen) atoms. The first-order valence-electron chi connectivity index (χ1n) is 0.697. The molecule has 0 heterocycles. The van der Waals surface area contributed by atoms with Gasteiger partial charge in [0.05, 0.1) is 0 Å². The summed E-state index contributed by atoms with van der Waals surface area (Å²) in [5.41, 5.74) is 4.66. The van der Waals surface area contributed by atoms with Crippen LogP contribution >= 0.6 is 12.2 Å². The van der Waals surface area contributed by atoms with E-state index >= 15 is 0 Å². The Labute approximate surface area is 66.9 Å². The molecule has 1 radical (unpaired) electrons. The van der Waals surface area contributed by atoms with Crippen molar-refractivity contribution >= 4 is 29.2 Å². The van der Waals surface area contributed by atoms with Crippen LogP contribution in [0.5, 0.6) is 0 Å². The Morgan fingerprint density at radius 1 is 1.43 bits per heavy atom. The molecule has 0 unspecified atom stereocenters. The van der Waals surface area contributed by atoms with Crippen LogP contribution in [0.2, 0.25) is 0 Å². The molecule has 0 saturated heterocycles. The summed E-state index contributed by atoms with van der Waals surface area (Å²) in [6.45, 7) is 0. The van der Waals surface area contributed by atoms with E-state index in [1.165, 1.54) is 0 Å². The van der Waals surface area contributed by atoms with Crippen molar-refractivity contribution in [3.05, 3.63) is 14.9 Å². The summed E-state index contributed by atoms with van der Waals surface area (Å²) in [6.07, 6.45) is 0. The molecular formula is C3H8FeNS2. The Morgan fingerprint density at radius 3 is 1.43 bits per heavy atom. The Kier molecular flexibility index (Phi) is 58.0. The van der Waals surface area contributed by atoms with E-state index in [-0.39, 0.29) is 36.2 Å². The van der Waals surface area contributed by atoms with Gasteiger partial charge in [0.1, 0.15) is 0 Å². The average Bonchev–Trinajstić information content (AvgIpc) is 0.811. The van der Waals surface area contributed by atoms with Gasteiger partial charge in [0.15, 0.2) is 0 Å². The molecule has 0 spiro atoms. The van der Waals surface area contributed by atoms with E-state index in [4.69, 9.17) is 0 Å². The molecule has 45 valence electrons. The normalized spacial score (nSPS) is 3.43. The summed E-state index contributed by atoms with van der Waals surface area (Å²) in [4.78, 5) is 0. The summed E-state index contributed by atoms with van der Waals surface area (Å²) in [6, 6.07) is 0. The Morgan fingerprint density at radius 2 is 1.43 bits per heavy atom. The van der Waals surface area contributed by atoms with Crippen molar-refractivity contribution < 1.29 is 17.1 Å². The van der Waals surface area contributed by atoms with E-state index in [0.717, 1.165) is 0 Å². The molecule has 0 rings (SSSR count). The first-order valence-corrected chi connectivity index (χ1v) is 1.51. The van der Waals surface area contributed by atoms with Gasteiger partial charge in [-0.25, -0.2) is 0 Å². The van der Waals surface area contributed by atoms with E-state index in [1.807, 2.05) is 0 Å². The van der Waals surface area contributed by atoms with Gasteiger partial charge < -0.3 is 45.4 Å². The van der Waals surface area contributed by atoms with Crippen LogP contribution in [0.4, 0.5) is 0 Å². The zero-order valence-electron chi connectivity index (χ0n) is 4.25. The van der Waals surface area contributed by atoms with Gasteiger partial charge in [-0.2, -0.15) is 0 Å². The van der Waals surface area contributed by atoms with Gasteiger partial charge in [-0.3, -0.25) is 0 Å². The van der Waals surface area contributed by atoms with E-state index in [9.17, 15) is 0 Å². The molecule has 0 atom stereocenters. The Balaban J connectivity index is -0.0000000150. The fourth-order valence-corrected chi connectivity index (χ4v) is 0. The predicted molar refractivity (Wildman–Crippen MR) is 37.0 cm³/mol. The largest absolute Gasteiger partial charge is 3.00 e. The molecule has 0 saturated carbocycles. The van der Waals surface area contributed by atoms with Crippen LogP contribution in [0.25, 0.3) is 0 Å². The van der Waals surface area contributed by atoms with E-state index in [1.54, 1.807) is 0 Å². The van der Waals surface area contributed by atoms with Crippen LogP contribution in [0.1, 0.15) is 0 Å². The minimum Gasteiger partial charge on any atom is -0.415 e. The molecule has 0 aromatic heterocycles. The van der Waals surface area contributed by atoms with Gasteiger partial charge >= 0.3 is 17.1 Å². The minimum absolute atomic E-state index is 0. The number of rotatable bonds is 0. The van der Waals surface area contributed by atoms with Crippen LogP contribution in [-0.4, -0.2) is 4.32 Å². The van der Waals surface area contributed by atoms with Crippen LogP contribution in [0.15, 0.2) is 0 Å². The molecule has 0 amide bonds. The van der Waals surface area contributed by atoms with Crippen LogP contribution in [-0.2, 0) is 29.7 Å². The molecule has 0 bridgehead atoms. The van der Waals surface area contributed by atoms with E-state index in [2.05, 4.69) is 30.6 Å². The number of hydrogen-bond acceptors (Lipinski definition) is 2. The zero-order valence-corrected chi connectivity index (χ0v) is 6.98. The maximum atomic E-state index is 4.66. The third-order valence-electron chi connectivity index (χ3n) is 0. The molecular weight excluding hydrogens is 170 g/mol. The number of nitrogens with two attached hydrogens (primary N) is 1. The van der Waals surface area contributed by atoms with Gasteiger partial charge in [0.2, 0.25) is 0 Å². The second-order valence-corrected chi connectivity index (χ2v) is 1.46. The fraction of sp³-hybridized carbons (Fsp3) is 0. The summed E-state index contributed by atoms with van der Waals surface area (Å²) in [5.74, 6) is 0. The molecule has 0 aliphatic carbocycles. The van der Waals surface area contributed by atoms with Gasteiger partial charge in [0, 0.05) is 0 Å². The topological polar surface area (TPSA) is 26.0 Å². The molecule has 0 fully saturated rings. The van der Waals surface area contributed by atoms with Crippen LogP contribution < -0.4 is 5.73 Å². The summed E-state index contributed by atoms with van der Waals surface area (Å²) < 4.78 is 0.0833. The van der Waals surface area contributed by atoms with Crippen molar-refractivity contribution in [3.63, 3.8) is 0 Å². The fourth-order valence-electron chi connectivity index (χ4n) is 0. The molecule has 0 aliphatic heterocycles. The summed E-state index contributed by atoms with van der Waals surface area (Å²) >= 11 is 8.26. The van der Waals surface area contributed by atoms with Gasteiger partial charge in [-0.1, -0.05) is 4.32 Å². The van der Waals surface area contributed by atoms with Gasteiger partial charge in [-0.15, -0.1) is 0 Å². The number of thiocarbonyl (C=S) groups is 1. The van der Waals surface area contributed by atoms with Gasteiger partial charge in [0.25, 0.3) is 0 Å². The standard InChI is InChI=1S/CH3NS2.2CH3.Fe/c2-1(3)4;;;/h(H3,2,3,4);2*1H3;/q;2*-1;+3/p-1. The van der Waals surface area contributed by atoms with Crippen molar-refractivity contribution in [1.82, 2.24) is 0 Å². The minimum atomic E-state index is 0. The molecule has 1 nitrogen and oxygen atoms in total. The van der Waals surface area contributed by atoms with Crippen molar-refractivity contribution in [2.75, 3.05) is 0 Å². The van der Waals surface area contributed by atoms with Crippen molar-refractivity contribution in [2.45, 2.75) is 0 Å². The molecule has 0 aromatic rings. The van der Waals surface area contributed by atoms with Crippen molar-refractivity contribution in [3.8, 4) is 0 Å². The van der Waals surface area contributed by atoms with Crippen molar-refractivity contribution in [1.29, 1.82) is 0 Å². The molecule has 0 aliphatic rings. The zero-order chi connectivity index (χ0) is 3.58. The average molecular weight is 178 g/mol. The second kappa shape index (κ2) is 15.9. The van der Waals surface area contributed by atoms with Crippen molar-refractivity contribution in [2.24, 2.45) is 5.73 Å². The monoisotopic (exact) mass is 178 g/mol. The predicted octanol–water partition coefficient (Wildman–Crippen LogP) is 0.675. The smallest absolute Gasteiger partial charge is 0.415 e.